The number of hydrogen-bond donors (Lipinski definition) is 2. The molecule has 0 fully saturated rings. The van der Waals surface area contributed by atoms with Crippen LogP contribution in [0, 0.1) is 0 Å². The molecule has 1 aromatic carbocycles. The molecule has 1 heterocycles. The topological polar surface area (TPSA) is 93.1 Å². The van der Waals surface area contributed by atoms with Crippen LogP contribution in [0.1, 0.15) is 12.6 Å². The Bertz CT molecular complexity index is 751. The number of benzene rings is 1. The highest BCUT2D eigenvalue weighted by atomic mass is 32.2. The van der Waals surface area contributed by atoms with Crippen LogP contribution in [-0.4, -0.2) is 30.4 Å². The highest BCUT2D eigenvalue weighted by Gasteiger charge is 2.13. The quantitative estimate of drug-likeness (QED) is 0.826. The van der Waals surface area contributed by atoms with E-state index in [9.17, 15) is 13.2 Å². The number of aryl methyl sites for hydroxylation is 1. The summed E-state index contributed by atoms with van der Waals surface area (Å²) >= 11 is 0. The van der Waals surface area contributed by atoms with Crippen LogP contribution in [0.25, 0.3) is 0 Å². The maximum atomic E-state index is 12.1. The van der Waals surface area contributed by atoms with Crippen LogP contribution in [0.15, 0.2) is 41.7 Å². The summed E-state index contributed by atoms with van der Waals surface area (Å²) in [7, 11) is -1.71. The zero-order valence-electron chi connectivity index (χ0n) is 12.4. The number of carbonyl (C=O) groups excluding carboxylic acids is 1. The number of anilines is 1. The number of carbonyl (C=O) groups is 1. The van der Waals surface area contributed by atoms with Gasteiger partial charge in [-0.05, 0) is 24.3 Å². The van der Waals surface area contributed by atoms with E-state index >= 15 is 0 Å². The fourth-order valence-electron chi connectivity index (χ4n) is 1.91. The van der Waals surface area contributed by atoms with E-state index in [1.807, 2.05) is 17.8 Å². The first kappa shape index (κ1) is 16.2. The molecule has 0 saturated heterocycles. The van der Waals surface area contributed by atoms with Gasteiger partial charge in [-0.15, -0.1) is 0 Å². The van der Waals surface area contributed by atoms with Gasteiger partial charge < -0.3 is 9.88 Å². The Balaban J connectivity index is 1.96. The van der Waals surface area contributed by atoms with Gasteiger partial charge in [0.1, 0.15) is 0 Å². The second kappa shape index (κ2) is 6.71. The Hall–Kier alpha value is -2.19. The summed E-state index contributed by atoms with van der Waals surface area (Å²) in [4.78, 5) is 15.2. The van der Waals surface area contributed by atoms with Crippen molar-refractivity contribution in [2.45, 2.75) is 18.2 Å². The van der Waals surface area contributed by atoms with Gasteiger partial charge in [-0.25, -0.2) is 18.1 Å². The molecule has 0 radical (unpaired) electrons. The second-order valence-corrected chi connectivity index (χ2v) is 6.65. The van der Waals surface area contributed by atoms with Gasteiger partial charge in [0.15, 0.2) is 0 Å². The van der Waals surface area contributed by atoms with E-state index in [-0.39, 0.29) is 17.3 Å². The van der Waals surface area contributed by atoms with E-state index in [2.05, 4.69) is 15.0 Å². The fourth-order valence-corrected chi connectivity index (χ4v) is 2.95. The summed E-state index contributed by atoms with van der Waals surface area (Å²) < 4.78 is 28.6. The van der Waals surface area contributed by atoms with Crippen molar-refractivity contribution < 1.29 is 13.2 Å². The molecule has 2 N–H and O–H groups in total. The third-order valence-electron chi connectivity index (χ3n) is 2.92. The lowest BCUT2D eigenvalue weighted by Gasteiger charge is -2.07. The van der Waals surface area contributed by atoms with Crippen LogP contribution >= 0.6 is 0 Å². The van der Waals surface area contributed by atoms with Crippen molar-refractivity contribution in [3.05, 3.63) is 42.5 Å². The van der Waals surface area contributed by atoms with Crippen molar-refractivity contribution >= 4 is 21.6 Å². The Morgan fingerprint density at radius 2 is 1.95 bits per heavy atom. The summed E-state index contributed by atoms with van der Waals surface area (Å²) in [6, 6.07) is 6.01. The largest absolute Gasteiger partial charge is 0.340 e. The van der Waals surface area contributed by atoms with E-state index in [1.165, 1.54) is 19.1 Å². The number of nitrogens with one attached hydrogen (secondary N) is 2. The summed E-state index contributed by atoms with van der Waals surface area (Å²) in [5.74, 6) is -0.205. The highest BCUT2D eigenvalue weighted by molar-refractivity contribution is 7.89. The fraction of sp³-hybridized carbons (Fsp3) is 0.286. The van der Waals surface area contributed by atoms with Gasteiger partial charge in [0.05, 0.1) is 16.9 Å². The van der Waals surface area contributed by atoms with E-state index in [0.717, 1.165) is 5.69 Å². The summed E-state index contributed by atoms with van der Waals surface area (Å²) in [6.45, 7) is 1.66. The third kappa shape index (κ3) is 4.40. The van der Waals surface area contributed by atoms with Gasteiger partial charge in [-0.1, -0.05) is 0 Å². The molecule has 0 aliphatic heterocycles. The van der Waals surface area contributed by atoms with Crippen LogP contribution in [0.3, 0.4) is 0 Å². The number of imidazole rings is 1. The van der Waals surface area contributed by atoms with Gasteiger partial charge in [0.2, 0.25) is 15.9 Å². The Kier molecular flexibility index (Phi) is 4.94. The SMILES string of the molecule is CC(=O)Nc1ccc(S(=O)(=O)NCCc2cn(C)cn2)cc1. The minimum Gasteiger partial charge on any atom is -0.340 e. The van der Waals surface area contributed by atoms with Crippen LogP contribution in [0.4, 0.5) is 5.69 Å². The van der Waals surface area contributed by atoms with Crippen molar-refractivity contribution in [2.24, 2.45) is 7.05 Å². The predicted molar refractivity (Wildman–Crippen MR) is 82.8 cm³/mol. The zero-order chi connectivity index (χ0) is 16.2. The first-order valence-electron chi connectivity index (χ1n) is 6.71. The van der Waals surface area contributed by atoms with E-state index in [0.29, 0.717) is 12.1 Å². The molecule has 1 aromatic heterocycles. The predicted octanol–water partition coefficient (Wildman–Crippen LogP) is 0.899. The van der Waals surface area contributed by atoms with Gasteiger partial charge in [-0.2, -0.15) is 0 Å². The molecule has 0 spiro atoms. The molecule has 2 rings (SSSR count). The van der Waals surface area contributed by atoms with Crippen LogP contribution in [0.5, 0.6) is 0 Å². The molecule has 1 amide bonds. The van der Waals surface area contributed by atoms with E-state index < -0.39 is 10.0 Å². The molecule has 0 aliphatic carbocycles. The lowest BCUT2D eigenvalue weighted by atomic mass is 10.3. The number of nitrogens with zero attached hydrogens (tertiary/aromatic N) is 2. The number of amides is 1. The zero-order valence-corrected chi connectivity index (χ0v) is 13.2. The molecule has 22 heavy (non-hydrogen) atoms. The van der Waals surface area contributed by atoms with Crippen molar-refractivity contribution in [2.75, 3.05) is 11.9 Å². The lowest BCUT2D eigenvalue weighted by molar-refractivity contribution is -0.114. The molecule has 0 saturated carbocycles. The van der Waals surface area contributed by atoms with E-state index in [1.54, 1.807) is 18.5 Å². The molecule has 0 aliphatic rings. The average Bonchev–Trinajstić information content (AvgIpc) is 2.84. The molecule has 0 atom stereocenters. The summed E-state index contributed by atoms with van der Waals surface area (Å²) in [6.07, 6.45) is 4.03. The maximum Gasteiger partial charge on any atom is 0.240 e. The van der Waals surface area contributed by atoms with Gasteiger partial charge >= 0.3 is 0 Å². The highest BCUT2D eigenvalue weighted by Crippen LogP contribution is 2.13. The number of hydrogen-bond acceptors (Lipinski definition) is 4. The van der Waals surface area contributed by atoms with Crippen LogP contribution in [-0.2, 0) is 28.3 Å². The number of sulfonamides is 1. The Morgan fingerprint density at radius 3 is 2.50 bits per heavy atom. The average molecular weight is 322 g/mol. The monoisotopic (exact) mass is 322 g/mol. The van der Waals surface area contributed by atoms with E-state index in [4.69, 9.17) is 0 Å². The first-order valence-corrected chi connectivity index (χ1v) is 8.19. The molecule has 7 nitrogen and oxygen atoms in total. The molecule has 2 aromatic rings. The maximum absolute atomic E-state index is 12.1. The minimum atomic E-state index is -3.57. The van der Waals surface area contributed by atoms with Gasteiger partial charge in [0.25, 0.3) is 0 Å². The van der Waals surface area contributed by atoms with Crippen molar-refractivity contribution in [1.29, 1.82) is 0 Å². The second-order valence-electron chi connectivity index (χ2n) is 4.88. The van der Waals surface area contributed by atoms with Crippen LogP contribution in [0.2, 0.25) is 0 Å². The van der Waals surface area contributed by atoms with Crippen LogP contribution < -0.4 is 10.0 Å². The molecular formula is C14H18N4O3S. The molecule has 0 bridgehead atoms. The lowest BCUT2D eigenvalue weighted by Crippen LogP contribution is -2.26. The minimum absolute atomic E-state index is 0.155. The third-order valence-corrected chi connectivity index (χ3v) is 4.39. The number of aromatic nitrogens is 2. The first-order chi connectivity index (χ1) is 10.4. The molecule has 118 valence electrons. The summed E-state index contributed by atoms with van der Waals surface area (Å²) in [5.41, 5.74) is 1.38. The Morgan fingerprint density at radius 1 is 1.27 bits per heavy atom. The smallest absolute Gasteiger partial charge is 0.240 e. The van der Waals surface area contributed by atoms with Gasteiger partial charge in [-0.3, -0.25) is 4.79 Å². The van der Waals surface area contributed by atoms with Crippen molar-refractivity contribution in [3.8, 4) is 0 Å². The summed E-state index contributed by atoms with van der Waals surface area (Å²) in [5, 5.41) is 2.59. The number of rotatable bonds is 6. The normalized spacial score (nSPS) is 11.4. The Labute approximate surface area is 129 Å². The molecule has 0 unspecified atom stereocenters. The standard InChI is InChI=1S/C14H18N4O3S/c1-11(19)17-12-3-5-14(6-4-12)22(20,21)16-8-7-13-9-18(2)10-15-13/h3-6,9-10,16H,7-8H2,1-2H3,(H,17,19). The molecular weight excluding hydrogens is 304 g/mol. The molecule has 8 heteroatoms. The van der Waals surface area contributed by atoms with Crippen molar-refractivity contribution in [3.63, 3.8) is 0 Å². The van der Waals surface area contributed by atoms with Crippen molar-refractivity contribution in [1.82, 2.24) is 14.3 Å². The van der Waals surface area contributed by atoms with Gasteiger partial charge in [0, 0.05) is 38.8 Å².